The second-order valence-electron chi connectivity index (χ2n) is 11.1. The molecule has 4 rings (SSSR count). The van der Waals surface area contributed by atoms with E-state index in [4.69, 9.17) is 24.6 Å². The van der Waals surface area contributed by atoms with Gasteiger partial charge in [-0.3, -0.25) is 4.79 Å². The summed E-state index contributed by atoms with van der Waals surface area (Å²) in [4.78, 5) is 35.4. The van der Waals surface area contributed by atoms with Crippen molar-refractivity contribution in [2.45, 2.75) is 69.8 Å². The lowest BCUT2D eigenvalue weighted by Crippen LogP contribution is -2.53. The maximum Gasteiger partial charge on any atom is 0.596 e. The number of carbonyl (C=O) groups excluding carboxylic acids is 1. The van der Waals surface area contributed by atoms with Crippen molar-refractivity contribution in [1.82, 2.24) is 19.7 Å². The van der Waals surface area contributed by atoms with E-state index >= 15 is 0 Å². The molecule has 1 fully saturated rings. The molecule has 5 N–H and O–H groups in total. The molecule has 0 spiro atoms. The number of alkyl halides is 1. The lowest BCUT2D eigenvalue weighted by molar-refractivity contribution is -0.702. The normalized spacial score (nSPS) is 22.8. The van der Waals surface area contributed by atoms with Crippen molar-refractivity contribution in [2.75, 3.05) is 32.2 Å². The predicted molar refractivity (Wildman–Crippen MR) is 162 cm³/mol. The molecule has 5 atom stereocenters. The fourth-order valence-corrected chi connectivity index (χ4v) is 6.32. The maximum absolute atomic E-state index is 14.6. The molecule has 1 aliphatic rings. The van der Waals surface area contributed by atoms with E-state index in [2.05, 4.69) is 29.0 Å². The lowest BCUT2D eigenvalue weighted by Gasteiger charge is -2.31. The van der Waals surface area contributed by atoms with Gasteiger partial charge in [-0.25, -0.2) is 18.7 Å². The fourth-order valence-electron chi connectivity index (χ4n) is 5.19. The Hall–Kier alpha value is -3.49. The van der Waals surface area contributed by atoms with Gasteiger partial charge < -0.3 is 29.9 Å². The molecule has 0 bridgehead atoms. The second-order valence-corrected chi connectivity index (χ2v) is 12.4. The van der Waals surface area contributed by atoms with E-state index in [1.165, 1.54) is 23.8 Å². The van der Waals surface area contributed by atoms with E-state index in [0.29, 0.717) is 11.3 Å². The fraction of sp³-hybridized carbons (Fsp3) is 0.552. The van der Waals surface area contributed by atoms with Crippen LogP contribution >= 0.6 is 8.45 Å². The van der Waals surface area contributed by atoms with Crippen molar-refractivity contribution in [1.29, 1.82) is 0 Å². The first kappa shape index (κ1) is 34.4. The van der Waals surface area contributed by atoms with E-state index in [0.717, 1.165) is 25.7 Å². The molecular weight excluding hydrogens is 610 g/mol. The van der Waals surface area contributed by atoms with Crippen LogP contribution in [0.2, 0.25) is 0 Å². The zero-order valence-electron chi connectivity index (χ0n) is 25.5. The SMILES string of the molecule is CCCC(CCC)COC(=O)[C@H](C)NP(Oc1ccccc1)[N+](=O)OC[C@@]1(CF)OC[C@@](O)(c2ccc3c(N)ncnn23)[C@@H]1O. The quantitative estimate of drug-likeness (QED) is 0.0950. The minimum Gasteiger partial charge on any atom is -0.464 e. The summed E-state index contributed by atoms with van der Waals surface area (Å²) in [7, 11) is -2.41. The van der Waals surface area contributed by atoms with Gasteiger partial charge in [0.25, 0.3) is 4.69 Å². The number of nitrogen functional groups attached to an aromatic ring is 1. The smallest absolute Gasteiger partial charge is 0.464 e. The largest absolute Gasteiger partial charge is 0.596 e. The van der Waals surface area contributed by atoms with Crippen LogP contribution in [-0.4, -0.2) is 79.7 Å². The maximum atomic E-state index is 14.6. The van der Waals surface area contributed by atoms with E-state index in [9.17, 15) is 24.3 Å². The van der Waals surface area contributed by atoms with E-state index in [1.807, 2.05) is 0 Å². The number of nitrogens with zero attached hydrogens (tertiary/aromatic N) is 4. The number of benzene rings is 1. The lowest BCUT2D eigenvalue weighted by atomic mass is 9.86. The highest BCUT2D eigenvalue weighted by Gasteiger charge is 2.61. The summed E-state index contributed by atoms with van der Waals surface area (Å²) in [5.74, 6) is 0.101. The van der Waals surface area contributed by atoms with Gasteiger partial charge in [0.1, 0.15) is 36.4 Å². The van der Waals surface area contributed by atoms with Gasteiger partial charge in [0.05, 0.1) is 23.8 Å². The Labute approximate surface area is 261 Å². The Balaban J connectivity index is 1.46. The zero-order chi connectivity index (χ0) is 32.6. The average Bonchev–Trinajstić information content (AvgIpc) is 3.60. The number of hydrogen-bond donors (Lipinski definition) is 4. The second kappa shape index (κ2) is 15.2. The van der Waals surface area contributed by atoms with Crippen LogP contribution in [0.15, 0.2) is 48.8 Å². The number of carbonyl (C=O) groups is 1. The third kappa shape index (κ3) is 7.67. The number of nitrogens with two attached hydrogens (primary N) is 1. The number of aliphatic hydroxyl groups excluding tert-OH is 1. The minimum atomic E-state index is -2.41. The molecule has 3 aromatic rings. The summed E-state index contributed by atoms with van der Waals surface area (Å²) < 4.78 is 32.9. The molecule has 0 aliphatic carbocycles. The number of hydrogen-bond acceptors (Lipinski definition) is 12. The molecule has 2 aromatic heterocycles. The number of halogens is 1. The Kier molecular flexibility index (Phi) is 11.6. The standard InChI is InChI=1S/C29H41FN6O8P/c1-4-9-21(10-5-2)15-41-26(37)20(3)34-45(44-22-11-7-6-8-12-22)36(40)43-17-28(16-30)27(38)29(39,18-42-28)24-14-13-23-25(31)32-19-33-35(23)24/h6-8,11-14,19-21,27,34,38-39H,4-5,9-10,15-18H2,1-3H3,(H2,31,32,33)/q+1/t20-,27+,28+,29+,45?/m0/s1. The molecule has 1 unspecified atom stereocenters. The average molecular weight is 652 g/mol. The number of anilines is 1. The molecule has 246 valence electrons. The molecule has 1 saturated heterocycles. The molecule has 0 amide bonds. The van der Waals surface area contributed by atoms with Gasteiger partial charge in [-0.1, -0.05) is 44.9 Å². The van der Waals surface area contributed by atoms with Crippen LogP contribution in [0, 0.1) is 10.8 Å². The Bertz CT molecular complexity index is 1430. The molecule has 3 heterocycles. The van der Waals surface area contributed by atoms with Crippen molar-refractivity contribution in [2.24, 2.45) is 5.92 Å². The number of aliphatic hydroxyl groups is 2. The molecule has 16 heteroatoms. The zero-order valence-corrected chi connectivity index (χ0v) is 26.4. The molecule has 1 aromatic carbocycles. The van der Waals surface area contributed by atoms with E-state index < -0.39 is 57.7 Å². The number of para-hydroxylation sites is 1. The molecular formula is C29H41FN6O8P+. The summed E-state index contributed by atoms with van der Waals surface area (Å²) in [6.07, 6.45) is 3.07. The molecule has 14 nitrogen and oxygen atoms in total. The number of esters is 1. The topological polar surface area (TPSA) is 183 Å². The van der Waals surface area contributed by atoms with Crippen LogP contribution in [0.1, 0.15) is 52.1 Å². The summed E-state index contributed by atoms with van der Waals surface area (Å²) in [5.41, 5.74) is 2.06. The number of nitrogens with one attached hydrogen (secondary N) is 1. The monoisotopic (exact) mass is 651 g/mol. The van der Waals surface area contributed by atoms with Crippen LogP contribution in [0.25, 0.3) is 5.52 Å². The first-order valence-electron chi connectivity index (χ1n) is 14.8. The number of aromatic nitrogens is 3. The van der Waals surface area contributed by atoms with Crippen LogP contribution in [0.4, 0.5) is 10.2 Å². The van der Waals surface area contributed by atoms with Gasteiger partial charge in [0.2, 0.25) is 0 Å². The molecule has 1 aliphatic heterocycles. The van der Waals surface area contributed by atoms with Crippen LogP contribution in [-0.2, 0) is 24.7 Å². The highest BCUT2D eigenvalue weighted by atomic mass is 31.2. The van der Waals surface area contributed by atoms with Crippen LogP contribution in [0.3, 0.4) is 0 Å². The van der Waals surface area contributed by atoms with Gasteiger partial charge >= 0.3 is 14.4 Å². The highest BCUT2D eigenvalue weighted by molar-refractivity contribution is 7.43. The van der Waals surface area contributed by atoms with Gasteiger partial charge in [-0.2, -0.15) is 10.2 Å². The molecule has 0 saturated carbocycles. The minimum absolute atomic E-state index is 0.0640. The van der Waals surface area contributed by atoms with Crippen molar-refractivity contribution in [3.63, 3.8) is 0 Å². The first-order chi connectivity index (χ1) is 21.6. The van der Waals surface area contributed by atoms with Gasteiger partial charge in [0.15, 0.2) is 23.6 Å². The third-order valence-electron chi connectivity index (χ3n) is 7.70. The van der Waals surface area contributed by atoms with Crippen molar-refractivity contribution in [3.8, 4) is 5.75 Å². The molecule has 0 radical (unpaired) electrons. The number of rotatable bonds is 17. The Morgan fingerprint density at radius 3 is 2.64 bits per heavy atom. The summed E-state index contributed by atoms with van der Waals surface area (Å²) >= 11 is 0. The predicted octanol–water partition coefficient (Wildman–Crippen LogP) is 3.35. The summed E-state index contributed by atoms with van der Waals surface area (Å²) in [6.45, 7) is 3.28. The Morgan fingerprint density at radius 2 is 1.98 bits per heavy atom. The van der Waals surface area contributed by atoms with Gasteiger partial charge in [-0.05, 0) is 49.9 Å². The van der Waals surface area contributed by atoms with E-state index in [-0.39, 0.29) is 28.7 Å². The Morgan fingerprint density at radius 1 is 1.27 bits per heavy atom. The molecule has 45 heavy (non-hydrogen) atoms. The van der Waals surface area contributed by atoms with Crippen LogP contribution in [0.5, 0.6) is 5.75 Å². The highest BCUT2D eigenvalue weighted by Crippen LogP contribution is 2.43. The van der Waals surface area contributed by atoms with Crippen LogP contribution < -0.4 is 15.3 Å². The van der Waals surface area contributed by atoms with Gasteiger partial charge in [0, 0.05) is 0 Å². The van der Waals surface area contributed by atoms with Crippen molar-refractivity contribution >= 4 is 25.8 Å². The van der Waals surface area contributed by atoms with E-state index in [1.54, 1.807) is 36.4 Å². The first-order valence-corrected chi connectivity index (χ1v) is 16.0. The van der Waals surface area contributed by atoms with Gasteiger partial charge in [-0.15, -0.1) is 0 Å². The third-order valence-corrected chi connectivity index (χ3v) is 9.10. The number of fused-ring (bicyclic) bond motifs is 1. The van der Waals surface area contributed by atoms with Crippen molar-refractivity contribution in [3.05, 3.63) is 59.4 Å². The van der Waals surface area contributed by atoms with Crippen molar-refractivity contribution < 1.29 is 42.9 Å². The summed E-state index contributed by atoms with van der Waals surface area (Å²) in [6, 6.07) is 10.4. The number of ether oxygens (including phenoxy) is 2. The summed E-state index contributed by atoms with van der Waals surface area (Å²) in [5, 5.41) is 29.6.